The summed E-state index contributed by atoms with van der Waals surface area (Å²) in [6.45, 7) is 1.52. The van der Waals surface area contributed by atoms with Crippen LogP contribution in [0.2, 0.25) is 0 Å². The second-order valence-corrected chi connectivity index (χ2v) is 2.83. The normalized spacial score (nSPS) is 18.1. The number of hydrogen-bond acceptors (Lipinski definition) is 3. The molecule has 5 heteroatoms. The Hall–Kier alpha value is -1.65. The molecular formula is C8H9NO4. The van der Waals surface area contributed by atoms with Crippen LogP contribution in [0.25, 0.3) is 0 Å². The summed E-state index contributed by atoms with van der Waals surface area (Å²) in [7, 11) is 0. The molecule has 1 unspecified atom stereocenters. The van der Waals surface area contributed by atoms with Gasteiger partial charge in [-0.2, -0.15) is 0 Å². The summed E-state index contributed by atoms with van der Waals surface area (Å²) in [6.07, 6.45) is 2.06. The van der Waals surface area contributed by atoms with Crippen LogP contribution in [0.4, 0.5) is 0 Å². The molecule has 13 heavy (non-hydrogen) atoms. The van der Waals surface area contributed by atoms with Crippen LogP contribution >= 0.6 is 0 Å². The SMILES string of the molecule is CC(CC(=O)O)N1C(=O)C=CC1=O. The van der Waals surface area contributed by atoms with E-state index in [9.17, 15) is 14.4 Å². The first-order valence-electron chi connectivity index (χ1n) is 3.79. The number of nitrogens with zero attached hydrogens (tertiary/aromatic N) is 1. The Morgan fingerprint density at radius 2 is 1.92 bits per heavy atom. The van der Waals surface area contributed by atoms with E-state index >= 15 is 0 Å². The maximum atomic E-state index is 11.0. The zero-order valence-corrected chi connectivity index (χ0v) is 7.06. The number of rotatable bonds is 3. The lowest BCUT2D eigenvalue weighted by Gasteiger charge is -2.20. The van der Waals surface area contributed by atoms with Crippen molar-refractivity contribution in [1.82, 2.24) is 4.90 Å². The van der Waals surface area contributed by atoms with Gasteiger partial charge in [0.15, 0.2) is 0 Å². The van der Waals surface area contributed by atoms with Crippen LogP contribution in [0.3, 0.4) is 0 Å². The predicted octanol–water partition coefficient (Wildman–Crippen LogP) is -0.225. The predicted molar refractivity (Wildman–Crippen MR) is 42.7 cm³/mol. The lowest BCUT2D eigenvalue weighted by atomic mass is 10.2. The van der Waals surface area contributed by atoms with Gasteiger partial charge in [0.2, 0.25) is 0 Å². The highest BCUT2D eigenvalue weighted by Gasteiger charge is 2.29. The summed E-state index contributed by atoms with van der Waals surface area (Å²) in [5, 5.41) is 8.45. The molecule has 0 radical (unpaired) electrons. The van der Waals surface area contributed by atoms with Gasteiger partial charge in [-0.15, -0.1) is 0 Å². The van der Waals surface area contributed by atoms with Crippen molar-refractivity contribution in [2.24, 2.45) is 0 Å². The quantitative estimate of drug-likeness (QED) is 0.613. The van der Waals surface area contributed by atoms with Crippen molar-refractivity contribution in [2.45, 2.75) is 19.4 Å². The molecule has 0 saturated heterocycles. The molecule has 1 heterocycles. The Bertz CT molecular complexity index is 277. The van der Waals surface area contributed by atoms with Crippen LogP contribution in [0.5, 0.6) is 0 Å². The van der Waals surface area contributed by atoms with Gasteiger partial charge in [-0.05, 0) is 6.92 Å². The Kier molecular flexibility index (Phi) is 2.46. The van der Waals surface area contributed by atoms with Crippen molar-refractivity contribution in [2.75, 3.05) is 0 Å². The number of hydrogen-bond donors (Lipinski definition) is 1. The van der Waals surface area contributed by atoms with Crippen LogP contribution in [0.15, 0.2) is 12.2 Å². The number of imide groups is 1. The first kappa shape index (κ1) is 9.44. The first-order valence-corrected chi connectivity index (χ1v) is 3.79. The lowest BCUT2D eigenvalue weighted by molar-refractivity contribution is -0.142. The van der Waals surface area contributed by atoms with E-state index < -0.39 is 23.8 Å². The molecule has 0 aliphatic carbocycles. The number of carboxylic acid groups (broad SMARTS) is 1. The first-order chi connectivity index (χ1) is 6.02. The summed E-state index contributed by atoms with van der Waals surface area (Å²) >= 11 is 0. The van der Waals surface area contributed by atoms with E-state index in [1.165, 1.54) is 6.92 Å². The van der Waals surface area contributed by atoms with E-state index in [1.54, 1.807) is 0 Å². The number of amides is 2. The number of carbonyl (C=O) groups is 3. The van der Waals surface area contributed by atoms with Gasteiger partial charge in [-0.3, -0.25) is 19.3 Å². The molecule has 5 nitrogen and oxygen atoms in total. The Morgan fingerprint density at radius 1 is 1.46 bits per heavy atom. The Labute approximate surface area is 74.6 Å². The van der Waals surface area contributed by atoms with Gasteiger partial charge in [-0.1, -0.05) is 0 Å². The number of aliphatic carboxylic acids is 1. The molecule has 0 bridgehead atoms. The van der Waals surface area contributed by atoms with Crippen molar-refractivity contribution >= 4 is 17.8 Å². The van der Waals surface area contributed by atoms with Crippen LogP contribution in [0.1, 0.15) is 13.3 Å². The fourth-order valence-electron chi connectivity index (χ4n) is 1.19. The van der Waals surface area contributed by atoms with Crippen molar-refractivity contribution in [1.29, 1.82) is 0 Å². The zero-order chi connectivity index (χ0) is 10.0. The minimum Gasteiger partial charge on any atom is -0.481 e. The fraction of sp³-hybridized carbons (Fsp3) is 0.375. The summed E-state index contributed by atoms with van der Waals surface area (Å²) in [6, 6.07) is -0.590. The van der Waals surface area contributed by atoms with Gasteiger partial charge in [0, 0.05) is 18.2 Å². The molecular weight excluding hydrogens is 174 g/mol. The van der Waals surface area contributed by atoms with Gasteiger partial charge in [0.05, 0.1) is 6.42 Å². The van der Waals surface area contributed by atoms with Crippen molar-refractivity contribution in [3.05, 3.63) is 12.2 Å². The summed E-state index contributed by atoms with van der Waals surface area (Å²) in [4.78, 5) is 33.3. The maximum absolute atomic E-state index is 11.0. The van der Waals surface area contributed by atoms with E-state index in [2.05, 4.69) is 0 Å². The molecule has 1 rings (SSSR count). The van der Waals surface area contributed by atoms with Crippen molar-refractivity contribution in [3.8, 4) is 0 Å². The molecule has 0 spiro atoms. The third kappa shape index (κ3) is 1.93. The summed E-state index contributed by atoms with van der Waals surface area (Å²) < 4.78 is 0. The van der Waals surface area contributed by atoms with Gasteiger partial charge >= 0.3 is 5.97 Å². The minimum absolute atomic E-state index is 0.223. The Morgan fingerprint density at radius 3 is 2.31 bits per heavy atom. The monoisotopic (exact) mass is 183 g/mol. The average molecular weight is 183 g/mol. The molecule has 0 aromatic carbocycles. The van der Waals surface area contributed by atoms with Crippen LogP contribution in [0, 0.1) is 0 Å². The fourth-order valence-corrected chi connectivity index (χ4v) is 1.19. The van der Waals surface area contributed by atoms with Crippen LogP contribution in [-0.4, -0.2) is 33.8 Å². The molecule has 70 valence electrons. The third-order valence-electron chi connectivity index (χ3n) is 1.75. The Balaban J connectivity index is 2.67. The van der Waals surface area contributed by atoms with Crippen LogP contribution in [-0.2, 0) is 14.4 Å². The van der Waals surface area contributed by atoms with E-state index in [0.717, 1.165) is 17.1 Å². The van der Waals surface area contributed by atoms with Gasteiger partial charge in [0.1, 0.15) is 0 Å². The number of carboxylic acids is 1. The second-order valence-electron chi connectivity index (χ2n) is 2.83. The third-order valence-corrected chi connectivity index (χ3v) is 1.75. The number of carbonyl (C=O) groups excluding carboxylic acids is 2. The van der Waals surface area contributed by atoms with E-state index in [4.69, 9.17) is 5.11 Å². The molecule has 1 atom stereocenters. The molecule has 1 aliphatic heterocycles. The topological polar surface area (TPSA) is 74.7 Å². The van der Waals surface area contributed by atoms with Crippen molar-refractivity contribution in [3.63, 3.8) is 0 Å². The highest BCUT2D eigenvalue weighted by Crippen LogP contribution is 2.11. The van der Waals surface area contributed by atoms with E-state index in [-0.39, 0.29) is 6.42 Å². The molecule has 1 aliphatic rings. The summed E-state index contributed by atoms with van der Waals surface area (Å²) in [5.74, 6) is -1.92. The molecule has 0 fully saturated rings. The summed E-state index contributed by atoms with van der Waals surface area (Å²) in [5.41, 5.74) is 0. The van der Waals surface area contributed by atoms with Gasteiger partial charge in [0.25, 0.3) is 11.8 Å². The molecule has 2 amide bonds. The highest BCUT2D eigenvalue weighted by molar-refractivity contribution is 6.13. The van der Waals surface area contributed by atoms with E-state index in [1.807, 2.05) is 0 Å². The largest absolute Gasteiger partial charge is 0.481 e. The van der Waals surface area contributed by atoms with Crippen molar-refractivity contribution < 1.29 is 19.5 Å². The molecule has 0 saturated carbocycles. The minimum atomic E-state index is -1.03. The molecule has 0 aromatic rings. The standard InChI is InChI=1S/C8H9NO4/c1-5(4-8(12)13)9-6(10)2-3-7(9)11/h2-3,5H,4H2,1H3,(H,12,13). The molecule has 0 aromatic heterocycles. The highest BCUT2D eigenvalue weighted by atomic mass is 16.4. The molecule has 1 N–H and O–H groups in total. The second kappa shape index (κ2) is 3.38. The smallest absolute Gasteiger partial charge is 0.305 e. The maximum Gasteiger partial charge on any atom is 0.305 e. The van der Waals surface area contributed by atoms with Gasteiger partial charge < -0.3 is 5.11 Å². The lowest BCUT2D eigenvalue weighted by Crippen LogP contribution is -2.39. The average Bonchev–Trinajstić information content (AvgIpc) is 2.29. The van der Waals surface area contributed by atoms with E-state index in [0.29, 0.717) is 0 Å². The zero-order valence-electron chi connectivity index (χ0n) is 7.06. The van der Waals surface area contributed by atoms with Crippen LogP contribution < -0.4 is 0 Å². The van der Waals surface area contributed by atoms with Gasteiger partial charge in [-0.25, -0.2) is 0 Å².